The van der Waals surface area contributed by atoms with Crippen LogP contribution in [0.15, 0.2) is 18.3 Å². The number of aromatic nitrogens is 1. The maximum absolute atomic E-state index is 8.61. The average Bonchev–Trinajstić information content (AvgIpc) is 2.80. The van der Waals surface area contributed by atoms with Gasteiger partial charge in [-0.15, -0.1) is 0 Å². The van der Waals surface area contributed by atoms with Crippen LogP contribution in [0.3, 0.4) is 0 Å². The quantitative estimate of drug-likeness (QED) is 0.771. The summed E-state index contributed by atoms with van der Waals surface area (Å²) in [5, 5.41) is 15.3. The van der Waals surface area contributed by atoms with Crippen molar-refractivity contribution in [2.75, 3.05) is 18.4 Å². The van der Waals surface area contributed by atoms with Crippen LogP contribution >= 0.6 is 0 Å². The van der Waals surface area contributed by atoms with Gasteiger partial charge in [0.25, 0.3) is 0 Å². The van der Waals surface area contributed by atoms with E-state index in [1.807, 2.05) is 12.1 Å². The van der Waals surface area contributed by atoms with E-state index in [9.17, 15) is 0 Å². The summed E-state index contributed by atoms with van der Waals surface area (Å²) in [6, 6.07) is 6.22. The molecule has 78 valence electrons. The molecule has 2 N–H and O–H groups in total. The summed E-state index contributed by atoms with van der Waals surface area (Å²) < 4.78 is 0. The van der Waals surface area contributed by atoms with E-state index >= 15 is 0 Å². The maximum Gasteiger partial charge on any atom is 0.126 e. The van der Waals surface area contributed by atoms with Crippen molar-refractivity contribution in [1.29, 1.82) is 5.26 Å². The summed E-state index contributed by atoms with van der Waals surface area (Å²) in [5.74, 6) is 0.836. The first kappa shape index (κ1) is 9.94. The lowest BCUT2D eigenvalue weighted by molar-refractivity contribution is 0.632. The fourth-order valence-corrected chi connectivity index (χ4v) is 1.72. The van der Waals surface area contributed by atoms with E-state index in [-0.39, 0.29) is 0 Å². The van der Waals surface area contributed by atoms with Crippen molar-refractivity contribution in [3.05, 3.63) is 23.9 Å². The molecule has 1 aliphatic rings. The molecule has 4 nitrogen and oxygen atoms in total. The molecule has 1 saturated heterocycles. The van der Waals surface area contributed by atoms with Crippen molar-refractivity contribution in [2.24, 2.45) is 0 Å². The Morgan fingerprint density at radius 2 is 2.53 bits per heavy atom. The van der Waals surface area contributed by atoms with Crippen LogP contribution in [0.2, 0.25) is 0 Å². The molecular formula is C11H14N4. The third kappa shape index (κ3) is 2.67. The van der Waals surface area contributed by atoms with Crippen molar-refractivity contribution < 1.29 is 0 Å². The highest BCUT2D eigenvalue weighted by molar-refractivity contribution is 5.39. The topological polar surface area (TPSA) is 60.7 Å². The number of hydrogen-bond acceptors (Lipinski definition) is 4. The molecule has 15 heavy (non-hydrogen) atoms. The first-order valence-electron chi connectivity index (χ1n) is 5.22. The molecule has 0 aromatic carbocycles. The molecule has 0 spiro atoms. The standard InChI is InChI=1S/C11H14N4/c12-6-9-3-4-11(14-7-9)15-8-10-2-1-5-13-10/h3-4,7,10,13H,1-2,5,8H2,(H,14,15)/t10-/m0/s1. The minimum atomic E-state index is 0.558. The van der Waals surface area contributed by atoms with E-state index in [2.05, 4.69) is 15.6 Å². The molecule has 0 unspecified atom stereocenters. The van der Waals surface area contributed by atoms with Crippen LogP contribution < -0.4 is 10.6 Å². The summed E-state index contributed by atoms with van der Waals surface area (Å²) in [6.45, 7) is 2.02. The first-order chi connectivity index (χ1) is 7.38. The zero-order chi connectivity index (χ0) is 10.5. The molecular weight excluding hydrogens is 188 g/mol. The molecule has 1 atom stereocenters. The van der Waals surface area contributed by atoms with Gasteiger partial charge in [-0.2, -0.15) is 5.26 Å². The van der Waals surface area contributed by atoms with Crippen molar-refractivity contribution in [3.8, 4) is 6.07 Å². The smallest absolute Gasteiger partial charge is 0.126 e. The van der Waals surface area contributed by atoms with Gasteiger partial charge >= 0.3 is 0 Å². The Bertz CT molecular complexity index is 346. The highest BCUT2D eigenvalue weighted by Crippen LogP contribution is 2.07. The van der Waals surface area contributed by atoms with Gasteiger partial charge in [-0.3, -0.25) is 0 Å². The maximum atomic E-state index is 8.61. The van der Waals surface area contributed by atoms with Crippen LogP contribution in [0, 0.1) is 11.3 Å². The zero-order valence-corrected chi connectivity index (χ0v) is 8.53. The molecule has 0 aliphatic carbocycles. The summed E-state index contributed by atoms with van der Waals surface area (Å²) in [7, 11) is 0. The second-order valence-electron chi connectivity index (χ2n) is 3.72. The SMILES string of the molecule is N#Cc1ccc(NC[C@@H]2CCCN2)nc1. The highest BCUT2D eigenvalue weighted by Gasteiger charge is 2.13. The number of anilines is 1. The Morgan fingerprint density at radius 3 is 3.13 bits per heavy atom. The third-order valence-corrected chi connectivity index (χ3v) is 2.58. The van der Waals surface area contributed by atoms with Crippen LogP contribution in [0.4, 0.5) is 5.82 Å². The number of nitriles is 1. The largest absolute Gasteiger partial charge is 0.369 e. The number of hydrogen-bond donors (Lipinski definition) is 2. The van der Waals surface area contributed by atoms with Crippen LogP contribution in [-0.4, -0.2) is 24.1 Å². The van der Waals surface area contributed by atoms with Crippen LogP contribution in [0.1, 0.15) is 18.4 Å². The molecule has 1 aromatic heterocycles. The second kappa shape index (κ2) is 4.76. The molecule has 0 saturated carbocycles. The third-order valence-electron chi connectivity index (χ3n) is 2.58. The van der Waals surface area contributed by atoms with E-state index in [1.165, 1.54) is 12.8 Å². The molecule has 4 heteroatoms. The van der Waals surface area contributed by atoms with Gasteiger partial charge in [0.1, 0.15) is 11.9 Å². The molecule has 0 amide bonds. The van der Waals surface area contributed by atoms with Gasteiger partial charge in [-0.05, 0) is 31.5 Å². The molecule has 0 radical (unpaired) electrons. The second-order valence-corrected chi connectivity index (χ2v) is 3.72. The molecule has 1 aromatic rings. The van der Waals surface area contributed by atoms with Crippen LogP contribution in [0.5, 0.6) is 0 Å². The van der Waals surface area contributed by atoms with Gasteiger partial charge in [-0.1, -0.05) is 0 Å². The zero-order valence-electron chi connectivity index (χ0n) is 8.53. The van der Waals surface area contributed by atoms with E-state index in [4.69, 9.17) is 5.26 Å². The number of rotatable bonds is 3. The van der Waals surface area contributed by atoms with Gasteiger partial charge in [0.2, 0.25) is 0 Å². The van der Waals surface area contributed by atoms with Gasteiger partial charge in [-0.25, -0.2) is 4.98 Å². The lowest BCUT2D eigenvalue weighted by atomic mass is 10.2. The van der Waals surface area contributed by atoms with Crippen molar-refractivity contribution in [3.63, 3.8) is 0 Å². The average molecular weight is 202 g/mol. The van der Waals surface area contributed by atoms with Gasteiger partial charge < -0.3 is 10.6 Å². The minimum absolute atomic E-state index is 0.558. The van der Waals surface area contributed by atoms with E-state index in [0.717, 1.165) is 18.9 Å². The fourth-order valence-electron chi connectivity index (χ4n) is 1.72. The molecule has 2 rings (SSSR count). The van der Waals surface area contributed by atoms with Crippen molar-refractivity contribution >= 4 is 5.82 Å². The minimum Gasteiger partial charge on any atom is -0.369 e. The Morgan fingerprint density at radius 1 is 1.60 bits per heavy atom. The normalized spacial score (nSPS) is 19.8. The lowest BCUT2D eigenvalue weighted by Crippen LogP contribution is -2.29. The van der Waals surface area contributed by atoms with E-state index in [0.29, 0.717) is 11.6 Å². The van der Waals surface area contributed by atoms with Crippen molar-refractivity contribution in [1.82, 2.24) is 10.3 Å². The summed E-state index contributed by atoms with van der Waals surface area (Å²) >= 11 is 0. The predicted octanol–water partition coefficient (Wildman–Crippen LogP) is 1.12. The number of nitrogens with zero attached hydrogens (tertiary/aromatic N) is 2. The molecule has 1 aliphatic heterocycles. The molecule has 0 bridgehead atoms. The fraction of sp³-hybridized carbons (Fsp3) is 0.455. The van der Waals surface area contributed by atoms with Crippen LogP contribution in [-0.2, 0) is 0 Å². The highest BCUT2D eigenvalue weighted by atomic mass is 15.0. The van der Waals surface area contributed by atoms with Gasteiger partial charge in [0.05, 0.1) is 5.56 Å². The van der Waals surface area contributed by atoms with Gasteiger partial charge in [0.15, 0.2) is 0 Å². The molecule has 1 fully saturated rings. The monoisotopic (exact) mass is 202 g/mol. The Kier molecular flexibility index (Phi) is 3.15. The summed E-state index contributed by atoms with van der Waals surface area (Å²) in [5.41, 5.74) is 0.597. The number of pyridine rings is 1. The Balaban J connectivity index is 1.85. The van der Waals surface area contributed by atoms with Crippen molar-refractivity contribution in [2.45, 2.75) is 18.9 Å². The Hall–Kier alpha value is -1.60. The summed E-state index contributed by atoms with van der Waals surface area (Å²) in [4.78, 5) is 4.15. The first-order valence-corrected chi connectivity index (χ1v) is 5.22. The van der Waals surface area contributed by atoms with E-state index in [1.54, 1.807) is 12.3 Å². The predicted molar refractivity (Wildman–Crippen MR) is 58.5 cm³/mol. The lowest BCUT2D eigenvalue weighted by Gasteiger charge is -2.11. The summed E-state index contributed by atoms with van der Waals surface area (Å²) in [6.07, 6.45) is 4.07. The molecule has 2 heterocycles. The number of nitrogens with one attached hydrogen (secondary N) is 2. The Labute approximate surface area is 89.3 Å². The van der Waals surface area contributed by atoms with E-state index < -0.39 is 0 Å². The van der Waals surface area contributed by atoms with Crippen LogP contribution in [0.25, 0.3) is 0 Å². The van der Waals surface area contributed by atoms with Gasteiger partial charge in [0, 0.05) is 18.8 Å².